The number of nitrogens with two attached hydrogens (primary N) is 1. The molecule has 0 aliphatic heterocycles. The van der Waals surface area contributed by atoms with Crippen molar-refractivity contribution in [2.24, 2.45) is 11.8 Å². The molecule has 2 saturated carbocycles. The molecule has 1 heterocycles. The molecule has 3 heteroatoms. The fraction of sp³-hybridized carbons (Fsp3) is 0.500. The average molecular weight is 281 g/mol. The van der Waals surface area contributed by atoms with Crippen molar-refractivity contribution in [3.05, 3.63) is 36.0 Å². The Labute approximate surface area is 126 Å². The van der Waals surface area contributed by atoms with Crippen molar-refractivity contribution in [2.75, 3.05) is 18.8 Å². The van der Waals surface area contributed by atoms with Crippen LogP contribution >= 0.6 is 0 Å². The van der Waals surface area contributed by atoms with Crippen LogP contribution in [0.1, 0.15) is 31.4 Å². The fourth-order valence-corrected chi connectivity index (χ4v) is 3.10. The highest BCUT2D eigenvalue weighted by Crippen LogP contribution is 2.34. The second-order valence-electron chi connectivity index (χ2n) is 6.80. The SMILES string of the molecule is Nc1cc(CN(CC2CC2)CC2CC2)nc2ccccc12. The quantitative estimate of drug-likeness (QED) is 0.882. The van der Waals surface area contributed by atoms with Crippen LogP contribution in [-0.2, 0) is 6.54 Å². The molecule has 0 amide bonds. The maximum Gasteiger partial charge on any atom is 0.0726 e. The highest BCUT2D eigenvalue weighted by molar-refractivity contribution is 5.90. The summed E-state index contributed by atoms with van der Waals surface area (Å²) in [6.07, 6.45) is 5.64. The molecule has 0 bridgehead atoms. The largest absolute Gasteiger partial charge is 0.398 e. The van der Waals surface area contributed by atoms with Gasteiger partial charge in [0.2, 0.25) is 0 Å². The molecule has 0 spiro atoms. The molecule has 4 rings (SSSR count). The molecule has 0 radical (unpaired) electrons. The molecule has 1 aromatic heterocycles. The van der Waals surface area contributed by atoms with Gasteiger partial charge in [0.05, 0.1) is 11.2 Å². The van der Waals surface area contributed by atoms with Crippen LogP contribution in [0.25, 0.3) is 10.9 Å². The van der Waals surface area contributed by atoms with E-state index in [1.54, 1.807) is 0 Å². The monoisotopic (exact) mass is 281 g/mol. The third kappa shape index (κ3) is 3.18. The zero-order valence-corrected chi connectivity index (χ0v) is 12.5. The summed E-state index contributed by atoms with van der Waals surface area (Å²) in [4.78, 5) is 7.41. The van der Waals surface area contributed by atoms with Crippen LogP contribution in [0.4, 0.5) is 5.69 Å². The van der Waals surface area contributed by atoms with Gasteiger partial charge >= 0.3 is 0 Å². The van der Waals surface area contributed by atoms with Crippen molar-refractivity contribution in [3.8, 4) is 0 Å². The van der Waals surface area contributed by atoms with Crippen molar-refractivity contribution in [1.82, 2.24) is 9.88 Å². The second-order valence-corrected chi connectivity index (χ2v) is 6.80. The normalized spacial score (nSPS) is 18.5. The lowest BCUT2D eigenvalue weighted by atomic mass is 10.1. The molecule has 0 saturated heterocycles. The molecular formula is C18H23N3. The van der Waals surface area contributed by atoms with Gasteiger partial charge in [0.25, 0.3) is 0 Å². The summed E-state index contributed by atoms with van der Waals surface area (Å²) >= 11 is 0. The number of hydrogen-bond donors (Lipinski definition) is 1. The summed E-state index contributed by atoms with van der Waals surface area (Å²) in [5.41, 5.74) is 9.19. The first-order chi connectivity index (χ1) is 10.3. The van der Waals surface area contributed by atoms with E-state index in [-0.39, 0.29) is 0 Å². The lowest BCUT2D eigenvalue weighted by Crippen LogP contribution is -2.28. The number of pyridine rings is 1. The minimum Gasteiger partial charge on any atom is -0.398 e. The average Bonchev–Trinajstić information content (AvgIpc) is 3.35. The minimum atomic E-state index is 0.855. The van der Waals surface area contributed by atoms with Crippen LogP contribution in [0.15, 0.2) is 30.3 Å². The van der Waals surface area contributed by atoms with Gasteiger partial charge in [-0.05, 0) is 49.7 Å². The number of hydrogen-bond acceptors (Lipinski definition) is 3. The first-order valence-electron chi connectivity index (χ1n) is 8.14. The van der Waals surface area contributed by atoms with Crippen molar-refractivity contribution in [3.63, 3.8) is 0 Å². The molecular weight excluding hydrogens is 258 g/mol. The number of nitrogens with zero attached hydrogens (tertiary/aromatic N) is 2. The summed E-state index contributed by atoms with van der Waals surface area (Å²) in [6.45, 7) is 3.43. The number of anilines is 1. The number of benzene rings is 1. The molecule has 0 unspecified atom stereocenters. The Kier molecular flexibility index (Phi) is 3.30. The van der Waals surface area contributed by atoms with Gasteiger partial charge in [0.15, 0.2) is 0 Å². The van der Waals surface area contributed by atoms with Crippen LogP contribution in [0, 0.1) is 11.8 Å². The van der Waals surface area contributed by atoms with Crippen molar-refractivity contribution in [1.29, 1.82) is 0 Å². The Morgan fingerprint density at radius 3 is 2.38 bits per heavy atom. The summed E-state index contributed by atoms with van der Waals surface area (Å²) in [5.74, 6) is 1.86. The number of para-hydroxylation sites is 1. The summed E-state index contributed by atoms with van der Waals surface area (Å²) in [6, 6.07) is 10.2. The Morgan fingerprint density at radius 2 is 1.71 bits per heavy atom. The van der Waals surface area contributed by atoms with Gasteiger partial charge in [-0.1, -0.05) is 18.2 Å². The third-order valence-electron chi connectivity index (χ3n) is 4.61. The number of rotatable bonds is 6. The molecule has 2 N–H and O–H groups in total. The van der Waals surface area contributed by atoms with E-state index in [4.69, 9.17) is 10.7 Å². The van der Waals surface area contributed by atoms with Crippen LogP contribution < -0.4 is 5.73 Å². The zero-order chi connectivity index (χ0) is 14.2. The molecule has 1 aromatic carbocycles. The van der Waals surface area contributed by atoms with Crippen LogP contribution in [0.2, 0.25) is 0 Å². The van der Waals surface area contributed by atoms with Crippen molar-refractivity contribution >= 4 is 16.6 Å². The van der Waals surface area contributed by atoms with Gasteiger partial charge in [-0.15, -0.1) is 0 Å². The lowest BCUT2D eigenvalue weighted by Gasteiger charge is -2.22. The lowest BCUT2D eigenvalue weighted by molar-refractivity contribution is 0.242. The van der Waals surface area contributed by atoms with Crippen LogP contribution in [-0.4, -0.2) is 23.0 Å². The molecule has 0 atom stereocenters. The van der Waals surface area contributed by atoms with Gasteiger partial charge in [0.1, 0.15) is 0 Å². The Hall–Kier alpha value is -1.61. The van der Waals surface area contributed by atoms with Crippen LogP contribution in [0.3, 0.4) is 0 Å². The predicted molar refractivity (Wildman–Crippen MR) is 86.9 cm³/mol. The topological polar surface area (TPSA) is 42.1 Å². The summed E-state index contributed by atoms with van der Waals surface area (Å²) in [5, 5.41) is 1.07. The smallest absolute Gasteiger partial charge is 0.0726 e. The maximum atomic E-state index is 6.20. The fourth-order valence-electron chi connectivity index (χ4n) is 3.10. The molecule has 110 valence electrons. The highest BCUT2D eigenvalue weighted by atomic mass is 15.1. The first kappa shape index (κ1) is 13.1. The molecule has 2 aliphatic rings. The standard InChI is InChI=1S/C18H23N3/c19-17-9-15(20-18-4-2-1-3-16(17)18)12-21(10-13-5-6-13)11-14-7-8-14/h1-4,9,13-14H,5-8,10-12H2,(H2,19,20). The predicted octanol–water partition coefficient (Wildman–Crippen LogP) is 3.44. The van der Waals surface area contributed by atoms with E-state index in [9.17, 15) is 0 Å². The highest BCUT2D eigenvalue weighted by Gasteiger charge is 2.29. The van der Waals surface area contributed by atoms with E-state index in [2.05, 4.69) is 17.0 Å². The molecule has 2 aliphatic carbocycles. The van der Waals surface area contributed by atoms with Gasteiger partial charge in [-0.3, -0.25) is 9.88 Å². The van der Waals surface area contributed by atoms with Gasteiger partial charge in [0, 0.05) is 30.7 Å². The Bertz CT molecular complexity index is 630. The van der Waals surface area contributed by atoms with Gasteiger partial charge < -0.3 is 5.73 Å². The summed E-state index contributed by atoms with van der Waals surface area (Å²) in [7, 11) is 0. The van der Waals surface area contributed by atoms with Crippen molar-refractivity contribution in [2.45, 2.75) is 32.2 Å². The first-order valence-corrected chi connectivity index (χ1v) is 8.14. The van der Waals surface area contributed by atoms with Gasteiger partial charge in [-0.2, -0.15) is 0 Å². The number of aromatic nitrogens is 1. The Balaban J connectivity index is 1.55. The second kappa shape index (κ2) is 5.30. The Morgan fingerprint density at radius 1 is 1.05 bits per heavy atom. The maximum absolute atomic E-state index is 6.20. The third-order valence-corrected chi connectivity index (χ3v) is 4.61. The zero-order valence-electron chi connectivity index (χ0n) is 12.5. The minimum absolute atomic E-state index is 0.855. The van der Waals surface area contributed by atoms with E-state index in [1.807, 2.05) is 18.2 Å². The van der Waals surface area contributed by atoms with E-state index in [0.29, 0.717) is 0 Å². The van der Waals surface area contributed by atoms with E-state index >= 15 is 0 Å². The van der Waals surface area contributed by atoms with E-state index in [1.165, 1.54) is 38.8 Å². The molecule has 21 heavy (non-hydrogen) atoms. The summed E-state index contributed by atoms with van der Waals surface area (Å²) < 4.78 is 0. The molecule has 2 fully saturated rings. The van der Waals surface area contributed by atoms with E-state index < -0.39 is 0 Å². The van der Waals surface area contributed by atoms with Crippen molar-refractivity contribution < 1.29 is 0 Å². The molecule has 2 aromatic rings. The van der Waals surface area contributed by atoms with Gasteiger partial charge in [-0.25, -0.2) is 0 Å². The van der Waals surface area contributed by atoms with E-state index in [0.717, 1.165) is 40.7 Å². The number of nitrogen functional groups attached to an aromatic ring is 1. The number of fused-ring (bicyclic) bond motifs is 1. The van der Waals surface area contributed by atoms with Crippen LogP contribution in [0.5, 0.6) is 0 Å². The molecule has 3 nitrogen and oxygen atoms in total.